The van der Waals surface area contributed by atoms with Gasteiger partial charge in [0, 0.05) is 11.7 Å². The minimum Gasteiger partial charge on any atom is -0.399 e. The van der Waals surface area contributed by atoms with Crippen LogP contribution in [0.2, 0.25) is 0 Å². The normalized spacial score (nSPS) is 17.6. The predicted octanol–water partition coefficient (Wildman–Crippen LogP) is 2.34. The summed E-state index contributed by atoms with van der Waals surface area (Å²) in [5.41, 5.74) is 5.77. The van der Waals surface area contributed by atoms with Crippen molar-refractivity contribution in [3.8, 4) is 0 Å². The quantitative estimate of drug-likeness (QED) is 0.803. The van der Waals surface area contributed by atoms with E-state index in [9.17, 15) is 12.8 Å². The van der Waals surface area contributed by atoms with E-state index in [2.05, 4.69) is 20.7 Å². The highest BCUT2D eigenvalue weighted by atomic mass is 79.9. The summed E-state index contributed by atoms with van der Waals surface area (Å²) in [5.74, 6) is 1.01. The molecule has 1 saturated heterocycles. The molecule has 8 heteroatoms. The first-order valence-electron chi connectivity index (χ1n) is 5.75. The lowest BCUT2D eigenvalue weighted by Gasteiger charge is -2.22. The summed E-state index contributed by atoms with van der Waals surface area (Å²) in [5, 5.41) is 0. The number of thioether (sulfide) groups is 1. The molecule has 0 saturated carbocycles. The number of nitrogen functional groups attached to an aromatic ring is 1. The molecule has 0 atom stereocenters. The Hall–Kier alpha value is -0.310. The van der Waals surface area contributed by atoms with Crippen molar-refractivity contribution < 1.29 is 12.8 Å². The van der Waals surface area contributed by atoms with Crippen LogP contribution in [0.5, 0.6) is 0 Å². The van der Waals surface area contributed by atoms with Gasteiger partial charge in [-0.25, -0.2) is 17.5 Å². The van der Waals surface area contributed by atoms with Crippen molar-refractivity contribution in [2.24, 2.45) is 0 Å². The molecule has 1 aliphatic rings. The molecule has 106 valence electrons. The number of hydrogen-bond donors (Lipinski definition) is 2. The molecule has 0 bridgehead atoms. The number of halogens is 2. The summed E-state index contributed by atoms with van der Waals surface area (Å²) in [6, 6.07) is 2.34. The Balaban J connectivity index is 2.28. The van der Waals surface area contributed by atoms with Crippen molar-refractivity contribution in [2.45, 2.75) is 23.8 Å². The van der Waals surface area contributed by atoms with Gasteiger partial charge in [-0.15, -0.1) is 0 Å². The zero-order valence-corrected chi connectivity index (χ0v) is 13.2. The summed E-state index contributed by atoms with van der Waals surface area (Å²) in [4.78, 5) is -0.405. The van der Waals surface area contributed by atoms with Crippen LogP contribution in [0.15, 0.2) is 21.5 Å². The first-order chi connectivity index (χ1) is 8.90. The van der Waals surface area contributed by atoms with Crippen molar-refractivity contribution >= 4 is 43.4 Å². The molecule has 1 aliphatic heterocycles. The number of rotatable bonds is 3. The molecular weight excluding hydrogens is 355 g/mol. The maximum Gasteiger partial charge on any atom is 0.243 e. The van der Waals surface area contributed by atoms with Gasteiger partial charge in [0.1, 0.15) is 4.90 Å². The van der Waals surface area contributed by atoms with Crippen LogP contribution in [0, 0.1) is 5.82 Å². The second kappa shape index (κ2) is 5.99. The smallest absolute Gasteiger partial charge is 0.243 e. The van der Waals surface area contributed by atoms with E-state index in [0.29, 0.717) is 0 Å². The van der Waals surface area contributed by atoms with Crippen LogP contribution in [0.3, 0.4) is 0 Å². The molecule has 0 aliphatic carbocycles. The zero-order valence-electron chi connectivity index (χ0n) is 10.0. The summed E-state index contributed by atoms with van der Waals surface area (Å²) < 4.78 is 40.9. The molecule has 0 spiro atoms. The van der Waals surface area contributed by atoms with Crippen LogP contribution < -0.4 is 10.5 Å². The average Bonchev–Trinajstić information content (AvgIpc) is 2.34. The van der Waals surface area contributed by atoms with Crippen LogP contribution in [0.4, 0.5) is 10.1 Å². The van der Waals surface area contributed by atoms with Crippen molar-refractivity contribution in [2.75, 3.05) is 17.2 Å². The van der Waals surface area contributed by atoms with Gasteiger partial charge in [0.2, 0.25) is 10.0 Å². The Morgan fingerprint density at radius 3 is 2.63 bits per heavy atom. The maximum atomic E-state index is 13.9. The van der Waals surface area contributed by atoms with Crippen molar-refractivity contribution in [3.63, 3.8) is 0 Å². The van der Waals surface area contributed by atoms with Gasteiger partial charge in [0.15, 0.2) is 5.82 Å². The lowest BCUT2D eigenvalue weighted by Crippen LogP contribution is -2.37. The third-order valence-electron chi connectivity index (χ3n) is 2.85. The molecule has 19 heavy (non-hydrogen) atoms. The molecule has 0 aromatic heterocycles. The molecule has 2 rings (SSSR count). The molecule has 1 aromatic carbocycles. The summed E-state index contributed by atoms with van der Waals surface area (Å²) in [6.07, 6.45) is 1.52. The van der Waals surface area contributed by atoms with Crippen LogP contribution in [0.1, 0.15) is 12.8 Å². The largest absolute Gasteiger partial charge is 0.399 e. The molecule has 0 amide bonds. The number of nitrogens with two attached hydrogens (primary N) is 1. The van der Waals surface area contributed by atoms with Gasteiger partial charge in [-0.05, 0) is 52.4 Å². The Morgan fingerprint density at radius 2 is 2.00 bits per heavy atom. The van der Waals surface area contributed by atoms with E-state index in [1.54, 1.807) is 11.8 Å². The van der Waals surface area contributed by atoms with Gasteiger partial charge in [-0.1, -0.05) is 0 Å². The van der Waals surface area contributed by atoms with E-state index in [1.807, 2.05) is 0 Å². The molecule has 1 aromatic rings. The van der Waals surface area contributed by atoms with Crippen LogP contribution in [-0.2, 0) is 10.0 Å². The van der Waals surface area contributed by atoms with Crippen molar-refractivity contribution in [1.29, 1.82) is 0 Å². The van der Waals surface area contributed by atoms with Crippen LogP contribution in [-0.4, -0.2) is 26.0 Å². The second-order valence-electron chi connectivity index (χ2n) is 4.32. The molecule has 3 N–H and O–H groups in total. The summed E-state index contributed by atoms with van der Waals surface area (Å²) in [7, 11) is -3.88. The maximum absolute atomic E-state index is 13.9. The monoisotopic (exact) mass is 368 g/mol. The third kappa shape index (κ3) is 3.62. The minimum atomic E-state index is -3.88. The first-order valence-corrected chi connectivity index (χ1v) is 9.18. The fourth-order valence-electron chi connectivity index (χ4n) is 1.88. The highest BCUT2D eigenvalue weighted by Gasteiger charge is 2.26. The molecule has 1 heterocycles. The Kier molecular flexibility index (Phi) is 4.75. The van der Waals surface area contributed by atoms with Crippen molar-refractivity contribution in [1.82, 2.24) is 4.72 Å². The number of anilines is 1. The number of benzene rings is 1. The fraction of sp³-hybridized carbons (Fsp3) is 0.455. The van der Waals surface area contributed by atoms with E-state index < -0.39 is 20.7 Å². The Morgan fingerprint density at radius 1 is 1.37 bits per heavy atom. The lowest BCUT2D eigenvalue weighted by molar-refractivity contribution is 0.518. The topological polar surface area (TPSA) is 72.2 Å². The summed E-state index contributed by atoms with van der Waals surface area (Å²) in [6.45, 7) is 0. The van der Waals surface area contributed by atoms with Gasteiger partial charge in [-0.3, -0.25) is 0 Å². The third-order valence-corrected chi connectivity index (χ3v) is 6.00. The Bertz CT molecular complexity index is 574. The van der Waals surface area contributed by atoms with Crippen molar-refractivity contribution in [3.05, 3.63) is 22.4 Å². The van der Waals surface area contributed by atoms with Crippen LogP contribution >= 0.6 is 27.7 Å². The highest BCUT2D eigenvalue weighted by molar-refractivity contribution is 9.10. The second-order valence-corrected chi connectivity index (χ2v) is 8.08. The zero-order chi connectivity index (χ0) is 14.0. The molecule has 0 unspecified atom stereocenters. The minimum absolute atomic E-state index is 0.0482. The highest BCUT2D eigenvalue weighted by Crippen LogP contribution is 2.27. The standard InChI is InChI=1S/C11H14BrFN2O2S2/c12-9-5-7(14)6-10(11(9)13)19(16,17)15-8-1-3-18-4-2-8/h5-6,8,15H,1-4,14H2. The molecule has 0 radical (unpaired) electrons. The predicted molar refractivity (Wildman–Crippen MR) is 79.2 cm³/mol. The van der Waals surface area contributed by atoms with E-state index in [1.165, 1.54) is 6.07 Å². The van der Waals surface area contributed by atoms with Gasteiger partial charge >= 0.3 is 0 Å². The van der Waals surface area contributed by atoms with Gasteiger partial charge in [0.25, 0.3) is 0 Å². The number of sulfonamides is 1. The fourth-order valence-corrected chi connectivity index (χ4v) is 5.03. The molecule has 4 nitrogen and oxygen atoms in total. The SMILES string of the molecule is Nc1cc(Br)c(F)c(S(=O)(=O)NC2CCSCC2)c1. The number of hydrogen-bond acceptors (Lipinski definition) is 4. The van der Waals surface area contributed by atoms with Gasteiger partial charge < -0.3 is 5.73 Å². The molecular formula is C11H14BrFN2O2S2. The van der Waals surface area contributed by atoms with Gasteiger partial charge in [0.05, 0.1) is 4.47 Å². The van der Waals surface area contributed by atoms with E-state index in [0.717, 1.165) is 30.4 Å². The first kappa shape index (κ1) is 15.1. The summed E-state index contributed by atoms with van der Waals surface area (Å²) >= 11 is 4.76. The van der Waals surface area contributed by atoms with E-state index >= 15 is 0 Å². The van der Waals surface area contributed by atoms with E-state index in [-0.39, 0.29) is 16.2 Å². The van der Waals surface area contributed by atoms with E-state index in [4.69, 9.17) is 5.73 Å². The van der Waals surface area contributed by atoms with Gasteiger partial charge in [-0.2, -0.15) is 11.8 Å². The lowest BCUT2D eigenvalue weighted by atomic mass is 10.2. The number of nitrogens with one attached hydrogen (secondary N) is 1. The average molecular weight is 369 g/mol. The van der Waals surface area contributed by atoms with Crippen LogP contribution in [0.25, 0.3) is 0 Å². The molecule has 1 fully saturated rings. The Labute approximate surface area is 124 Å².